The molecule has 2 heteroatoms. The average molecular weight is 205 g/mol. The molecular formula is C13H19NO. The zero-order valence-electron chi connectivity index (χ0n) is 9.79. The SMILES string of the molecule is C=CC1=C(/C=C\C)CN(C)C(C)CC1=O. The Morgan fingerprint density at radius 2 is 2.20 bits per heavy atom. The summed E-state index contributed by atoms with van der Waals surface area (Å²) in [5.41, 5.74) is 1.86. The molecule has 1 heterocycles. The largest absolute Gasteiger partial charge is 0.299 e. The number of allylic oxidation sites excluding steroid dienone is 3. The Hall–Kier alpha value is -1.15. The van der Waals surface area contributed by atoms with Gasteiger partial charge in [-0.25, -0.2) is 0 Å². The van der Waals surface area contributed by atoms with Gasteiger partial charge in [0.05, 0.1) is 0 Å². The van der Waals surface area contributed by atoms with Crippen molar-refractivity contribution >= 4 is 5.78 Å². The Kier molecular flexibility index (Phi) is 4.04. The van der Waals surface area contributed by atoms with Gasteiger partial charge in [-0.2, -0.15) is 0 Å². The Balaban J connectivity index is 3.11. The van der Waals surface area contributed by atoms with Crippen LogP contribution in [0.5, 0.6) is 0 Å². The fourth-order valence-corrected chi connectivity index (χ4v) is 1.81. The number of likely N-dealkylation sites (N-methyl/N-ethyl adjacent to an activating group) is 1. The minimum atomic E-state index is 0.204. The van der Waals surface area contributed by atoms with Crippen LogP contribution in [0, 0.1) is 0 Å². The van der Waals surface area contributed by atoms with Crippen LogP contribution >= 0.6 is 0 Å². The molecule has 0 aromatic heterocycles. The van der Waals surface area contributed by atoms with E-state index in [0.717, 1.165) is 17.7 Å². The zero-order chi connectivity index (χ0) is 11.4. The molecule has 1 unspecified atom stereocenters. The number of carbonyl (C=O) groups is 1. The molecule has 0 radical (unpaired) electrons. The summed E-state index contributed by atoms with van der Waals surface area (Å²) in [6.07, 6.45) is 6.24. The number of ketones is 1. The Labute approximate surface area is 92.0 Å². The molecule has 2 nitrogen and oxygen atoms in total. The highest BCUT2D eigenvalue weighted by molar-refractivity contribution is 5.99. The molecule has 1 rings (SSSR count). The fourth-order valence-electron chi connectivity index (χ4n) is 1.81. The van der Waals surface area contributed by atoms with E-state index in [-0.39, 0.29) is 5.78 Å². The lowest BCUT2D eigenvalue weighted by Gasteiger charge is -2.21. The maximum absolute atomic E-state index is 11.9. The summed E-state index contributed by atoms with van der Waals surface area (Å²) in [5, 5.41) is 0. The number of Topliss-reactive ketones (excluding diaryl/α,β-unsaturated/α-hetero) is 1. The number of hydrogen-bond donors (Lipinski definition) is 0. The van der Waals surface area contributed by atoms with Gasteiger partial charge in [0.1, 0.15) is 0 Å². The van der Waals surface area contributed by atoms with Gasteiger partial charge in [0, 0.05) is 24.6 Å². The molecule has 0 aromatic carbocycles. The van der Waals surface area contributed by atoms with E-state index in [9.17, 15) is 4.79 Å². The van der Waals surface area contributed by atoms with Gasteiger partial charge in [0.25, 0.3) is 0 Å². The van der Waals surface area contributed by atoms with Gasteiger partial charge in [-0.1, -0.05) is 24.8 Å². The summed E-state index contributed by atoms with van der Waals surface area (Å²) >= 11 is 0. The van der Waals surface area contributed by atoms with Gasteiger partial charge < -0.3 is 0 Å². The van der Waals surface area contributed by atoms with Crippen molar-refractivity contribution in [1.82, 2.24) is 4.90 Å². The highest BCUT2D eigenvalue weighted by Crippen LogP contribution is 2.20. The van der Waals surface area contributed by atoms with Gasteiger partial charge in [-0.15, -0.1) is 0 Å². The van der Waals surface area contributed by atoms with Crippen LogP contribution in [0.2, 0.25) is 0 Å². The topological polar surface area (TPSA) is 20.3 Å². The van der Waals surface area contributed by atoms with Gasteiger partial charge in [-0.05, 0) is 26.5 Å². The predicted molar refractivity (Wildman–Crippen MR) is 63.8 cm³/mol. The summed E-state index contributed by atoms with van der Waals surface area (Å²) in [7, 11) is 2.05. The van der Waals surface area contributed by atoms with Crippen molar-refractivity contribution in [3.8, 4) is 0 Å². The average Bonchev–Trinajstić information content (AvgIpc) is 2.26. The van der Waals surface area contributed by atoms with Crippen LogP contribution in [0.4, 0.5) is 0 Å². The lowest BCUT2D eigenvalue weighted by molar-refractivity contribution is -0.115. The van der Waals surface area contributed by atoms with Crippen LogP contribution in [0.15, 0.2) is 36.0 Å². The molecule has 1 aliphatic rings. The number of carbonyl (C=O) groups excluding carboxylic acids is 1. The summed E-state index contributed by atoms with van der Waals surface area (Å²) in [4.78, 5) is 14.1. The minimum absolute atomic E-state index is 0.204. The van der Waals surface area contributed by atoms with Crippen LogP contribution in [-0.4, -0.2) is 30.3 Å². The molecule has 0 saturated carbocycles. The number of hydrogen-bond acceptors (Lipinski definition) is 2. The summed E-state index contributed by atoms with van der Waals surface area (Å²) in [5.74, 6) is 0.204. The first-order valence-electron chi connectivity index (χ1n) is 5.31. The first-order valence-corrected chi connectivity index (χ1v) is 5.31. The molecule has 0 aromatic rings. The second kappa shape index (κ2) is 5.08. The van der Waals surface area contributed by atoms with Crippen molar-refractivity contribution in [1.29, 1.82) is 0 Å². The van der Waals surface area contributed by atoms with E-state index >= 15 is 0 Å². The highest BCUT2D eigenvalue weighted by Gasteiger charge is 2.22. The molecule has 0 fully saturated rings. The van der Waals surface area contributed by atoms with Gasteiger partial charge in [-0.3, -0.25) is 9.69 Å². The van der Waals surface area contributed by atoms with Crippen molar-refractivity contribution in [3.05, 3.63) is 36.0 Å². The lowest BCUT2D eigenvalue weighted by Crippen LogP contribution is -2.30. The van der Waals surface area contributed by atoms with E-state index in [1.807, 2.05) is 26.1 Å². The summed E-state index contributed by atoms with van der Waals surface area (Å²) < 4.78 is 0. The third kappa shape index (κ3) is 2.66. The Morgan fingerprint density at radius 1 is 1.53 bits per heavy atom. The van der Waals surface area contributed by atoms with Crippen LogP contribution in [0.25, 0.3) is 0 Å². The first kappa shape index (κ1) is 11.9. The van der Waals surface area contributed by atoms with Crippen LogP contribution < -0.4 is 0 Å². The zero-order valence-corrected chi connectivity index (χ0v) is 9.79. The molecular weight excluding hydrogens is 186 g/mol. The molecule has 1 aliphatic heterocycles. The molecule has 15 heavy (non-hydrogen) atoms. The summed E-state index contributed by atoms with van der Waals surface area (Å²) in [6.45, 7) is 8.59. The second-order valence-corrected chi connectivity index (χ2v) is 4.03. The quantitative estimate of drug-likeness (QED) is 0.689. The van der Waals surface area contributed by atoms with Crippen molar-refractivity contribution in [2.24, 2.45) is 0 Å². The Morgan fingerprint density at radius 3 is 2.73 bits per heavy atom. The van der Waals surface area contributed by atoms with Crippen LogP contribution in [0.1, 0.15) is 20.3 Å². The normalized spacial score (nSPS) is 24.7. The maximum Gasteiger partial charge on any atom is 0.164 e. The summed E-state index contributed by atoms with van der Waals surface area (Å²) in [6, 6.07) is 0.301. The van der Waals surface area contributed by atoms with Gasteiger partial charge in [0.2, 0.25) is 0 Å². The van der Waals surface area contributed by atoms with Crippen molar-refractivity contribution < 1.29 is 4.79 Å². The molecule has 0 amide bonds. The highest BCUT2D eigenvalue weighted by atomic mass is 16.1. The van der Waals surface area contributed by atoms with E-state index in [2.05, 4.69) is 18.4 Å². The van der Waals surface area contributed by atoms with Crippen molar-refractivity contribution in [3.63, 3.8) is 0 Å². The van der Waals surface area contributed by atoms with Crippen LogP contribution in [0.3, 0.4) is 0 Å². The van der Waals surface area contributed by atoms with E-state index in [1.165, 1.54) is 0 Å². The number of nitrogens with zero attached hydrogens (tertiary/aromatic N) is 1. The minimum Gasteiger partial charge on any atom is -0.299 e. The third-order valence-electron chi connectivity index (χ3n) is 2.87. The fraction of sp³-hybridized carbons (Fsp3) is 0.462. The van der Waals surface area contributed by atoms with Crippen molar-refractivity contribution in [2.75, 3.05) is 13.6 Å². The van der Waals surface area contributed by atoms with E-state index in [0.29, 0.717) is 12.5 Å². The molecule has 0 bridgehead atoms. The smallest absolute Gasteiger partial charge is 0.164 e. The lowest BCUT2D eigenvalue weighted by atomic mass is 10.0. The second-order valence-electron chi connectivity index (χ2n) is 4.03. The molecule has 1 atom stereocenters. The third-order valence-corrected chi connectivity index (χ3v) is 2.87. The first-order chi connectivity index (χ1) is 7.10. The number of rotatable bonds is 2. The monoisotopic (exact) mass is 205 g/mol. The Bertz CT molecular complexity index is 325. The molecule has 0 saturated heterocycles. The molecule has 0 spiro atoms. The maximum atomic E-state index is 11.9. The van der Waals surface area contributed by atoms with E-state index in [1.54, 1.807) is 6.08 Å². The van der Waals surface area contributed by atoms with Crippen molar-refractivity contribution in [2.45, 2.75) is 26.3 Å². The standard InChI is InChI=1S/C13H19NO/c1-5-7-11-9-14(4)10(3)8-13(15)12(11)6-2/h5-7,10H,2,8-9H2,1,3-4H3/b7-5-. The van der Waals surface area contributed by atoms with Gasteiger partial charge in [0.15, 0.2) is 5.78 Å². The van der Waals surface area contributed by atoms with E-state index < -0.39 is 0 Å². The van der Waals surface area contributed by atoms with E-state index in [4.69, 9.17) is 0 Å². The molecule has 0 N–H and O–H groups in total. The van der Waals surface area contributed by atoms with Gasteiger partial charge >= 0.3 is 0 Å². The van der Waals surface area contributed by atoms with Crippen LogP contribution in [-0.2, 0) is 4.79 Å². The predicted octanol–water partition coefficient (Wildman–Crippen LogP) is 2.34. The molecule has 82 valence electrons. The molecule has 0 aliphatic carbocycles.